The van der Waals surface area contributed by atoms with Crippen molar-refractivity contribution >= 4 is 23.2 Å². The zero-order valence-corrected chi connectivity index (χ0v) is 12.4. The highest BCUT2D eigenvalue weighted by molar-refractivity contribution is 6.33. The van der Waals surface area contributed by atoms with E-state index in [9.17, 15) is 4.79 Å². The highest BCUT2D eigenvalue weighted by Gasteiger charge is 2.15. The molecule has 2 rings (SSSR count). The molecule has 0 fully saturated rings. The molecule has 1 aromatic carbocycles. The third-order valence-electron chi connectivity index (χ3n) is 2.77. The van der Waals surface area contributed by atoms with Crippen LogP contribution >= 0.6 is 11.6 Å². The first kappa shape index (κ1) is 14.5. The average molecular weight is 290 g/mol. The Hall–Kier alpha value is -1.94. The van der Waals surface area contributed by atoms with Gasteiger partial charge in [0.1, 0.15) is 5.82 Å². The van der Waals surface area contributed by atoms with E-state index in [0.29, 0.717) is 5.82 Å². The van der Waals surface area contributed by atoms with Gasteiger partial charge in [0.25, 0.3) is 5.91 Å². The van der Waals surface area contributed by atoms with Crippen LogP contribution in [0.5, 0.6) is 0 Å². The van der Waals surface area contributed by atoms with Crippen molar-refractivity contribution in [3.8, 4) is 0 Å². The summed E-state index contributed by atoms with van der Waals surface area (Å²) in [6.45, 7) is 5.89. The predicted octanol–water partition coefficient (Wildman–Crippen LogP) is 3.81. The van der Waals surface area contributed by atoms with Crippen molar-refractivity contribution in [3.63, 3.8) is 0 Å². The monoisotopic (exact) mass is 289 g/mol. The van der Waals surface area contributed by atoms with Crippen LogP contribution in [0.4, 0.5) is 5.69 Å². The Bertz CT molecular complexity index is 641. The predicted molar refractivity (Wildman–Crippen MR) is 80.3 cm³/mol. The van der Waals surface area contributed by atoms with Crippen LogP contribution in [0.1, 0.15) is 41.6 Å². The summed E-state index contributed by atoms with van der Waals surface area (Å²) >= 11 is 6.01. The molecule has 20 heavy (non-hydrogen) atoms. The fourth-order valence-corrected chi connectivity index (χ4v) is 1.91. The molecule has 0 saturated carbocycles. The van der Waals surface area contributed by atoms with Gasteiger partial charge >= 0.3 is 0 Å². The molecule has 4 nitrogen and oxygen atoms in total. The Labute approximate surface area is 123 Å². The van der Waals surface area contributed by atoms with Gasteiger partial charge in [0.05, 0.1) is 11.2 Å². The maximum Gasteiger partial charge on any atom is 0.275 e. The van der Waals surface area contributed by atoms with E-state index in [1.165, 1.54) is 6.20 Å². The molecule has 0 bridgehead atoms. The van der Waals surface area contributed by atoms with Crippen molar-refractivity contribution < 1.29 is 4.79 Å². The van der Waals surface area contributed by atoms with Crippen LogP contribution in [-0.2, 0) is 0 Å². The minimum Gasteiger partial charge on any atom is -0.321 e. The van der Waals surface area contributed by atoms with Gasteiger partial charge in [0, 0.05) is 11.6 Å². The van der Waals surface area contributed by atoms with Crippen LogP contribution in [-0.4, -0.2) is 15.9 Å². The number of carbonyl (C=O) groups is 1. The molecule has 0 aliphatic rings. The third-order valence-corrected chi connectivity index (χ3v) is 3.05. The van der Waals surface area contributed by atoms with Crippen LogP contribution in [0.2, 0.25) is 5.02 Å². The van der Waals surface area contributed by atoms with Crippen LogP contribution in [0.25, 0.3) is 0 Å². The first-order valence-electron chi connectivity index (χ1n) is 6.38. The number of amides is 1. The fraction of sp³-hybridized carbons (Fsp3) is 0.267. The average Bonchev–Trinajstić information content (AvgIpc) is 2.38. The zero-order valence-electron chi connectivity index (χ0n) is 11.6. The van der Waals surface area contributed by atoms with Crippen molar-refractivity contribution in [1.29, 1.82) is 0 Å². The second-order valence-electron chi connectivity index (χ2n) is 4.90. The normalized spacial score (nSPS) is 10.7. The molecule has 0 unspecified atom stereocenters. The largest absolute Gasteiger partial charge is 0.321 e. The van der Waals surface area contributed by atoms with E-state index in [1.54, 1.807) is 0 Å². The zero-order chi connectivity index (χ0) is 14.7. The highest BCUT2D eigenvalue weighted by atomic mass is 35.5. The van der Waals surface area contributed by atoms with Gasteiger partial charge in [-0.3, -0.25) is 4.79 Å². The molecule has 1 aromatic heterocycles. The van der Waals surface area contributed by atoms with Gasteiger partial charge in [-0.25, -0.2) is 9.97 Å². The minimum atomic E-state index is -0.329. The second-order valence-corrected chi connectivity index (χ2v) is 5.31. The lowest BCUT2D eigenvalue weighted by molar-refractivity contribution is 0.102. The molecule has 0 radical (unpaired) electrons. The molecule has 0 atom stereocenters. The Morgan fingerprint density at radius 1 is 1.35 bits per heavy atom. The molecule has 2 aromatic rings. The van der Waals surface area contributed by atoms with Crippen molar-refractivity contribution in [2.24, 2.45) is 0 Å². The van der Waals surface area contributed by atoms with Gasteiger partial charge < -0.3 is 5.32 Å². The molecule has 0 aliphatic heterocycles. The third kappa shape index (κ3) is 3.33. The van der Waals surface area contributed by atoms with Crippen molar-refractivity contribution in [3.05, 3.63) is 52.6 Å². The summed E-state index contributed by atoms with van der Waals surface area (Å²) < 4.78 is 0. The number of anilines is 1. The summed E-state index contributed by atoms with van der Waals surface area (Å²) in [5.74, 6) is 0.409. The van der Waals surface area contributed by atoms with Gasteiger partial charge in [-0.1, -0.05) is 37.6 Å². The fourth-order valence-electron chi connectivity index (χ4n) is 1.73. The number of aryl methyl sites for hydroxylation is 1. The molecule has 104 valence electrons. The number of hydrogen-bond acceptors (Lipinski definition) is 3. The van der Waals surface area contributed by atoms with Crippen molar-refractivity contribution in [1.82, 2.24) is 9.97 Å². The van der Waals surface area contributed by atoms with Crippen molar-refractivity contribution in [2.45, 2.75) is 26.7 Å². The molecule has 0 aliphatic carbocycles. The number of nitrogens with one attached hydrogen (secondary N) is 1. The van der Waals surface area contributed by atoms with E-state index in [4.69, 9.17) is 11.6 Å². The first-order valence-corrected chi connectivity index (χ1v) is 6.75. The van der Waals surface area contributed by atoms with Crippen LogP contribution in [0.15, 0.2) is 30.5 Å². The summed E-state index contributed by atoms with van der Waals surface area (Å²) in [7, 11) is 0. The Morgan fingerprint density at radius 2 is 2.10 bits per heavy atom. The standard InChI is InChI=1S/C15H16ClN3O/c1-9(2)14-17-8-12(16)13(19-14)15(20)18-11-6-4-5-10(3)7-11/h4-9H,1-3H3,(H,18,20). The molecular formula is C15H16ClN3O. The number of halogens is 1. The SMILES string of the molecule is Cc1cccc(NC(=O)c2nc(C(C)C)ncc2Cl)c1. The lowest BCUT2D eigenvalue weighted by atomic mass is 10.2. The second kappa shape index (κ2) is 6.01. The number of rotatable bonds is 3. The maximum absolute atomic E-state index is 12.2. The molecule has 1 amide bonds. The molecule has 0 saturated heterocycles. The summed E-state index contributed by atoms with van der Waals surface area (Å²) in [5.41, 5.74) is 1.99. The summed E-state index contributed by atoms with van der Waals surface area (Å²) in [6, 6.07) is 7.55. The van der Waals surface area contributed by atoms with Gasteiger partial charge in [-0.05, 0) is 24.6 Å². The quantitative estimate of drug-likeness (QED) is 0.934. The molecule has 1 heterocycles. The number of nitrogens with zero attached hydrogens (tertiary/aromatic N) is 2. The first-order chi connectivity index (χ1) is 9.47. The summed E-state index contributed by atoms with van der Waals surface area (Å²) in [4.78, 5) is 20.6. The van der Waals surface area contributed by atoms with E-state index >= 15 is 0 Å². The van der Waals surface area contributed by atoms with Gasteiger partial charge in [-0.15, -0.1) is 0 Å². The van der Waals surface area contributed by atoms with E-state index in [-0.39, 0.29) is 22.5 Å². The molecule has 5 heteroatoms. The number of benzene rings is 1. The Kier molecular flexibility index (Phi) is 4.35. The number of aromatic nitrogens is 2. The maximum atomic E-state index is 12.2. The summed E-state index contributed by atoms with van der Waals surface area (Å²) in [5, 5.41) is 3.04. The number of carbonyl (C=O) groups excluding carboxylic acids is 1. The lowest BCUT2D eigenvalue weighted by Crippen LogP contribution is -2.16. The summed E-state index contributed by atoms with van der Waals surface area (Å²) in [6.07, 6.45) is 1.47. The highest BCUT2D eigenvalue weighted by Crippen LogP contribution is 2.18. The number of hydrogen-bond donors (Lipinski definition) is 1. The molecule has 0 spiro atoms. The lowest BCUT2D eigenvalue weighted by Gasteiger charge is -2.09. The smallest absolute Gasteiger partial charge is 0.275 e. The van der Waals surface area contributed by atoms with Crippen LogP contribution < -0.4 is 5.32 Å². The molecule has 1 N–H and O–H groups in total. The van der Waals surface area contributed by atoms with Gasteiger partial charge in [-0.2, -0.15) is 0 Å². The van der Waals surface area contributed by atoms with E-state index in [2.05, 4.69) is 15.3 Å². The van der Waals surface area contributed by atoms with E-state index < -0.39 is 0 Å². The van der Waals surface area contributed by atoms with Crippen LogP contribution in [0, 0.1) is 6.92 Å². The van der Waals surface area contributed by atoms with Crippen LogP contribution in [0.3, 0.4) is 0 Å². The minimum absolute atomic E-state index is 0.137. The molecular weight excluding hydrogens is 274 g/mol. The Balaban J connectivity index is 2.27. The van der Waals surface area contributed by atoms with Gasteiger partial charge in [0.2, 0.25) is 0 Å². The topological polar surface area (TPSA) is 54.9 Å². The van der Waals surface area contributed by atoms with Crippen molar-refractivity contribution in [2.75, 3.05) is 5.32 Å². The van der Waals surface area contributed by atoms with Gasteiger partial charge in [0.15, 0.2) is 5.69 Å². The van der Waals surface area contributed by atoms with E-state index in [0.717, 1.165) is 11.3 Å². The Morgan fingerprint density at radius 3 is 2.75 bits per heavy atom. The van der Waals surface area contributed by atoms with E-state index in [1.807, 2.05) is 45.0 Å².